The van der Waals surface area contributed by atoms with Crippen LogP contribution in [-0.4, -0.2) is 43.5 Å². The van der Waals surface area contributed by atoms with E-state index in [1.807, 2.05) is 6.92 Å². The smallest absolute Gasteiger partial charge is 0.242 e. The highest BCUT2D eigenvalue weighted by Gasteiger charge is 2.22. The van der Waals surface area contributed by atoms with E-state index >= 15 is 0 Å². The fourth-order valence-corrected chi connectivity index (χ4v) is 2.70. The Hall–Kier alpha value is -1.63. The molecule has 0 saturated carbocycles. The van der Waals surface area contributed by atoms with Gasteiger partial charge < -0.3 is 21.1 Å². The van der Waals surface area contributed by atoms with E-state index < -0.39 is 11.9 Å². The highest BCUT2D eigenvalue weighted by Crippen LogP contribution is 2.08. The lowest BCUT2D eigenvalue weighted by molar-refractivity contribution is -0.130. The summed E-state index contributed by atoms with van der Waals surface area (Å²) in [4.78, 5) is 35.5. The SMILES string of the molecule is CCCCCCCCCC(=O)N[C@@H](CCC(N)=O)C(=O)NC(C)COC. The third kappa shape index (κ3) is 13.6. The number of carbonyl (C=O) groups excluding carboxylic acids is 3. The second-order valence-corrected chi connectivity index (χ2v) is 6.86. The van der Waals surface area contributed by atoms with Gasteiger partial charge in [-0.3, -0.25) is 14.4 Å². The number of hydrogen-bond acceptors (Lipinski definition) is 4. The lowest BCUT2D eigenvalue weighted by atomic mass is 10.1. The molecule has 0 aromatic heterocycles. The molecule has 0 aliphatic carbocycles. The molecule has 3 amide bonds. The van der Waals surface area contributed by atoms with Crippen molar-refractivity contribution < 1.29 is 19.1 Å². The fraction of sp³-hybridized carbons (Fsp3) is 0.842. The van der Waals surface area contributed by atoms with Gasteiger partial charge in [0.1, 0.15) is 6.04 Å². The van der Waals surface area contributed by atoms with Crippen molar-refractivity contribution in [1.82, 2.24) is 10.6 Å². The molecule has 4 N–H and O–H groups in total. The topological polar surface area (TPSA) is 111 Å². The average Bonchev–Trinajstić information content (AvgIpc) is 2.57. The van der Waals surface area contributed by atoms with Crippen molar-refractivity contribution in [3.8, 4) is 0 Å². The lowest BCUT2D eigenvalue weighted by Crippen LogP contribution is -2.50. The van der Waals surface area contributed by atoms with Gasteiger partial charge in [0.25, 0.3) is 0 Å². The Bertz CT molecular complexity index is 416. The van der Waals surface area contributed by atoms with E-state index in [-0.39, 0.29) is 30.7 Å². The molecule has 1 unspecified atom stereocenters. The zero-order chi connectivity index (χ0) is 19.8. The van der Waals surface area contributed by atoms with Crippen LogP contribution >= 0.6 is 0 Å². The Labute approximate surface area is 157 Å². The van der Waals surface area contributed by atoms with E-state index in [4.69, 9.17) is 10.5 Å². The number of ether oxygens (including phenoxy) is 1. The van der Waals surface area contributed by atoms with Gasteiger partial charge in [-0.2, -0.15) is 0 Å². The number of primary amides is 1. The first-order valence-corrected chi connectivity index (χ1v) is 9.77. The summed E-state index contributed by atoms with van der Waals surface area (Å²) >= 11 is 0. The first-order chi connectivity index (χ1) is 12.4. The number of hydrogen-bond donors (Lipinski definition) is 3. The second-order valence-electron chi connectivity index (χ2n) is 6.86. The van der Waals surface area contributed by atoms with Crippen LogP contribution in [0.1, 0.15) is 78.1 Å². The summed E-state index contributed by atoms with van der Waals surface area (Å²) in [7, 11) is 1.55. The number of rotatable bonds is 16. The predicted molar refractivity (Wildman–Crippen MR) is 102 cm³/mol. The van der Waals surface area contributed by atoms with Crippen molar-refractivity contribution >= 4 is 17.7 Å². The second kappa shape index (κ2) is 15.6. The normalized spacial score (nSPS) is 13.0. The lowest BCUT2D eigenvalue weighted by Gasteiger charge is -2.21. The zero-order valence-electron chi connectivity index (χ0n) is 16.6. The van der Waals surface area contributed by atoms with Crippen LogP contribution in [0.3, 0.4) is 0 Å². The maximum atomic E-state index is 12.3. The summed E-state index contributed by atoms with van der Waals surface area (Å²) in [6.07, 6.45) is 8.53. The highest BCUT2D eigenvalue weighted by atomic mass is 16.5. The van der Waals surface area contributed by atoms with Gasteiger partial charge in [0.05, 0.1) is 6.61 Å². The molecule has 0 radical (unpaired) electrons. The van der Waals surface area contributed by atoms with Crippen LogP contribution in [0.2, 0.25) is 0 Å². The minimum atomic E-state index is -0.751. The standard InChI is InChI=1S/C19H37N3O4/c1-4-5-6-7-8-9-10-11-18(24)22-16(12-13-17(20)23)19(25)21-15(2)14-26-3/h15-16H,4-14H2,1-3H3,(H2,20,23)(H,21,25)(H,22,24)/t15?,16-/m0/s1. The molecule has 152 valence electrons. The van der Waals surface area contributed by atoms with E-state index in [1.54, 1.807) is 7.11 Å². The van der Waals surface area contributed by atoms with E-state index in [1.165, 1.54) is 25.7 Å². The number of nitrogens with two attached hydrogens (primary N) is 1. The minimum absolute atomic E-state index is 0.0501. The summed E-state index contributed by atoms with van der Waals surface area (Å²) in [6.45, 7) is 4.37. The Balaban J connectivity index is 4.27. The Morgan fingerprint density at radius 1 is 0.962 bits per heavy atom. The molecular weight excluding hydrogens is 334 g/mol. The van der Waals surface area contributed by atoms with Gasteiger partial charge in [0.15, 0.2) is 0 Å². The van der Waals surface area contributed by atoms with Crippen LogP contribution in [0.4, 0.5) is 0 Å². The molecule has 0 aliphatic rings. The molecule has 2 atom stereocenters. The number of carbonyl (C=O) groups is 3. The van der Waals surface area contributed by atoms with Gasteiger partial charge in [-0.25, -0.2) is 0 Å². The fourth-order valence-electron chi connectivity index (χ4n) is 2.70. The van der Waals surface area contributed by atoms with Crippen LogP contribution in [-0.2, 0) is 19.1 Å². The quantitative estimate of drug-likeness (QED) is 0.360. The first-order valence-electron chi connectivity index (χ1n) is 9.77. The summed E-state index contributed by atoms with van der Waals surface area (Å²) in [6, 6.07) is -0.928. The minimum Gasteiger partial charge on any atom is -0.383 e. The number of methoxy groups -OCH3 is 1. The van der Waals surface area contributed by atoms with Crippen molar-refractivity contribution in [3.05, 3.63) is 0 Å². The van der Waals surface area contributed by atoms with Gasteiger partial charge in [0, 0.05) is 26.0 Å². The largest absolute Gasteiger partial charge is 0.383 e. The van der Waals surface area contributed by atoms with Gasteiger partial charge in [0.2, 0.25) is 17.7 Å². The van der Waals surface area contributed by atoms with Crippen molar-refractivity contribution in [1.29, 1.82) is 0 Å². The van der Waals surface area contributed by atoms with Gasteiger partial charge >= 0.3 is 0 Å². The summed E-state index contributed by atoms with van der Waals surface area (Å²) in [5.74, 6) is -0.972. The Kier molecular flexibility index (Phi) is 14.6. The van der Waals surface area contributed by atoms with Crippen LogP contribution in [0, 0.1) is 0 Å². The third-order valence-corrected chi connectivity index (χ3v) is 4.14. The van der Waals surface area contributed by atoms with Crippen LogP contribution in [0.25, 0.3) is 0 Å². The van der Waals surface area contributed by atoms with Crippen molar-refractivity contribution in [2.75, 3.05) is 13.7 Å². The zero-order valence-corrected chi connectivity index (χ0v) is 16.6. The molecule has 0 rings (SSSR count). The third-order valence-electron chi connectivity index (χ3n) is 4.14. The Morgan fingerprint density at radius 3 is 2.15 bits per heavy atom. The monoisotopic (exact) mass is 371 g/mol. The van der Waals surface area contributed by atoms with E-state index in [0.717, 1.165) is 19.3 Å². The van der Waals surface area contributed by atoms with Crippen molar-refractivity contribution in [3.63, 3.8) is 0 Å². The molecule has 0 aromatic rings. The molecule has 0 saturated heterocycles. The van der Waals surface area contributed by atoms with E-state index in [9.17, 15) is 14.4 Å². The molecular formula is C19H37N3O4. The molecule has 0 aliphatic heterocycles. The molecule has 0 spiro atoms. The molecule has 0 aromatic carbocycles. The molecule has 0 bridgehead atoms. The van der Waals surface area contributed by atoms with Gasteiger partial charge in [-0.15, -0.1) is 0 Å². The summed E-state index contributed by atoms with van der Waals surface area (Å²) in [5, 5.41) is 5.51. The van der Waals surface area contributed by atoms with Crippen molar-refractivity contribution in [2.45, 2.75) is 90.1 Å². The predicted octanol–water partition coefficient (Wildman–Crippen LogP) is 2.03. The maximum absolute atomic E-state index is 12.3. The molecule has 7 heteroatoms. The molecule has 0 heterocycles. The molecule has 26 heavy (non-hydrogen) atoms. The molecule has 0 fully saturated rings. The van der Waals surface area contributed by atoms with E-state index in [2.05, 4.69) is 17.6 Å². The number of unbranched alkanes of at least 4 members (excludes halogenated alkanes) is 6. The number of nitrogens with one attached hydrogen (secondary N) is 2. The first kappa shape index (κ1) is 24.4. The van der Waals surface area contributed by atoms with Crippen LogP contribution in [0.15, 0.2) is 0 Å². The molecule has 7 nitrogen and oxygen atoms in total. The van der Waals surface area contributed by atoms with Gasteiger partial charge in [-0.05, 0) is 19.8 Å². The van der Waals surface area contributed by atoms with Crippen molar-refractivity contribution in [2.24, 2.45) is 5.73 Å². The summed E-state index contributed by atoms with van der Waals surface area (Å²) < 4.78 is 4.99. The maximum Gasteiger partial charge on any atom is 0.242 e. The summed E-state index contributed by atoms with van der Waals surface area (Å²) in [5.41, 5.74) is 5.17. The highest BCUT2D eigenvalue weighted by molar-refractivity contribution is 5.88. The van der Waals surface area contributed by atoms with Crippen LogP contribution in [0.5, 0.6) is 0 Å². The average molecular weight is 372 g/mol. The van der Waals surface area contributed by atoms with Crippen LogP contribution < -0.4 is 16.4 Å². The Morgan fingerprint density at radius 2 is 1.58 bits per heavy atom. The van der Waals surface area contributed by atoms with E-state index in [0.29, 0.717) is 13.0 Å². The van der Waals surface area contributed by atoms with Gasteiger partial charge in [-0.1, -0.05) is 45.4 Å². The number of amides is 3.